The number of alkyl halides is 3. The van der Waals surface area contributed by atoms with Gasteiger partial charge in [-0.3, -0.25) is 9.59 Å². The number of hydrogen-bond donors (Lipinski definition) is 1. The van der Waals surface area contributed by atoms with E-state index < -0.39 is 35.4 Å². The smallest absolute Gasteiger partial charge is 0.346 e. The van der Waals surface area contributed by atoms with E-state index in [2.05, 4.69) is 46.0 Å². The van der Waals surface area contributed by atoms with Crippen LogP contribution in [-0.4, -0.2) is 24.4 Å². The Bertz CT molecular complexity index is 1200. The molecule has 5 fully saturated rings. The van der Waals surface area contributed by atoms with Crippen molar-refractivity contribution in [2.45, 2.75) is 112 Å². The van der Waals surface area contributed by atoms with Gasteiger partial charge in [0, 0.05) is 5.41 Å². The van der Waals surface area contributed by atoms with Gasteiger partial charge in [-0.1, -0.05) is 60.6 Å². The van der Waals surface area contributed by atoms with Crippen molar-refractivity contribution < 1.29 is 22.8 Å². The predicted molar refractivity (Wildman–Crippen MR) is 152 cm³/mol. The number of allylic oxidation sites excluding steroid dienone is 1. The number of amides is 1. The van der Waals surface area contributed by atoms with E-state index in [0.717, 1.165) is 44.1 Å². The van der Waals surface area contributed by atoms with Gasteiger partial charge in [-0.25, -0.2) is 0 Å². The highest BCUT2D eigenvalue weighted by Gasteiger charge is 2.72. The number of Topliss-reactive ketones (excluding diaryl/α,β-unsaturated/α-hetero) is 1. The average molecular weight is 575 g/mol. The highest BCUT2D eigenvalue weighted by atomic mass is 19.4. The van der Waals surface area contributed by atoms with Gasteiger partial charge in [0.05, 0.1) is 11.5 Å². The van der Waals surface area contributed by atoms with Crippen molar-refractivity contribution in [3.8, 4) is 6.07 Å². The van der Waals surface area contributed by atoms with Crippen LogP contribution in [0.15, 0.2) is 12.2 Å². The molecule has 0 bridgehead atoms. The topological polar surface area (TPSA) is 70.0 Å². The summed E-state index contributed by atoms with van der Waals surface area (Å²) in [6, 6.07) is 2.34. The van der Waals surface area contributed by atoms with Crippen LogP contribution in [0.25, 0.3) is 0 Å². The third-order valence-corrected chi connectivity index (χ3v) is 14.0. The van der Waals surface area contributed by atoms with Crippen molar-refractivity contribution in [3.63, 3.8) is 0 Å². The minimum Gasteiger partial charge on any atom is -0.346 e. The predicted octanol–water partition coefficient (Wildman–Crippen LogP) is 8.03. The summed E-state index contributed by atoms with van der Waals surface area (Å²) < 4.78 is 39.6. The summed E-state index contributed by atoms with van der Waals surface area (Å²) in [6.45, 7) is 19.0. The van der Waals surface area contributed by atoms with Crippen LogP contribution in [0.3, 0.4) is 0 Å². The van der Waals surface area contributed by atoms with Crippen LogP contribution >= 0.6 is 0 Å². The SMILES string of the molecule is C=C1CC2[C@@]3(C)CC(C#N)C(=O)C(C)(C)C3CC[C@@]2(C)[C@]2(C)CC[C@@]3(C(=O)NCC(F)(F)F)CCC(C)(C)CC3C12. The van der Waals surface area contributed by atoms with E-state index in [0.29, 0.717) is 19.3 Å². The Kier molecular flexibility index (Phi) is 6.78. The normalized spacial score (nSPS) is 46.7. The van der Waals surface area contributed by atoms with Crippen molar-refractivity contribution in [3.05, 3.63) is 12.2 Å². The maximum Gasteiger partial charge on any atom is 0.405 e. The molecule has 228 valence electrons. The van der Waals surface area contributed by atoms with Crippen LogP contribution in [0, 0.1) is 73.4 Å². The van der Waals surface area contributed by atoms with Gasteiger partial charge in [0.1, 0.15) is 12.5 Å². The molecule has 7 heteroatoms. The largest absolute Gasteiger partial charge is 0.405 e. The molecule has 9 atom stereocenters. The fourth-order valence-corrected chi connectivity index (χ4v) is 11.8. The first kappa shape index (κ1) is 30.6. The Balaban J connectivity index is 1.57. The highest BCUT2D eigenvalue weighted by Crippen LogP contribution is 2.77. The minimum atomic E-state index is -4.45. The molecule has 0 aliphatic heterocycles. The average Bonchev–Trinajstić information content (AvgIpc) is 2.85. The van der Waals surface area contributed by atoms with Crippen LogP contribution in [0.2, 0.25) is 0 Å². The van der Waals surface area contributed by atoms with Crippen LogP contribution in [0.4, 0.5) is 13.2 Å². The maximum absolute atomic E-state index is 13.8. The molecule has 1 amide bonds. The summed E-state index contributed by atoms with van der Waals surface area (Å²) in [7, 11) is 0. The first-order valence-corrected chi connectivity index (χ1v) is 15.7. The van der Waals surface area contributed by atoms with Crippen molar-refractivity contribution in [2.24, 2.45) is 62.1 Å². The first-order chi connectivity index (χ1) is 18.7. The molecule has 0 aromatic rings. The molecular weight excluding hydrogens is 525 g/mol. The van der Waals surface area contributed by atoms with Gasteiger partial charge >= 0.3 is 6.18 Å². The number of carbonyl (C=O) groups is 2. The monoisotopic (exact) mass is 574 g/mol. The zero-order chi connectivity index (χ0) is 30.6. The second-order valence-corrected chi connectivity index (χ2v) is 16.7. The van der Waals surface area contributed by atoms with E-state index in [1.54, 1.807) is 0 Å². The third kappa shape index (κ3) is 4.19. The van der Waals surface area contributed by atoms with Crippen LogP contribution in [0.1, 0.15) is 106 Å². The van der Waals surface area contributed by atoms with Crippen molar-refractivity contribution in [1.82, 2.24) is 5.32 Å². The molecule has 0 aromatic heterocycles. The number of ketones is 1. The molecule has 5 rings (SSSR count). The third-order valence-electron chi connectivity index (χ3n) is 14.0. The molecule has 0 radical (unpaired) electrons. The standard InChI is InChI=1S/C34H49F3N2O2/c1-20-15-24-30(6)16-21(18-38)26(40)29(4,5)23(30)9-10-31(24,7)32(8)12-14-33(27(41)39-19-34(35,36)37)13-11-28(2,3)17-22(33)25(20)32/h21-25H,1,9-17,19H2,2-8H3,(H,39,41)/t21?,22?,23?,24?,25?,30-,31+,32+,33-/m0/s1. The molecule has 0 spiro atoms. The van der Waals surface area contributed by atoms with E-state index in [-0.39, 0.29) is 51.1 Å². The molecule has 41 heavy (non-hydrogen) atoms. The molecule has 5 aliphatic rings. The van der Waals surface area contributed by atoms with Gasteiger partial charge in [-0.15, -0.1) is 0 Å². The number of carbonyl (C=O) groups excluding carboxylic acids is 2. The van der Waals surface area contributed by atoms with E-state index in [4.69, 9.17) is 6.58 Å². The molecule has 0 heterocycles. The second-order valence-electron chi connectivity index (χ2n) is 16.7. The van der Waals surface area contributed by atoms with E-state index in [9.17, 15) is 28.0 Å². The minimum absolute atomic E-state index is 0.00777. The number of fused-ring (bicyclic) bond motifs is 7. The van der Waals surface area contributed by atoms with Gasteiger partial charge in [0.15, 0.2) is 5.78 Å². The number of hydrogen-bond acceptors (Lipinski definition) is 3. The second kappa shape index (κ2) is 9.08. The molecule has 4 nitrogen and oxygen atoms in total. The first-order valence-electron chi connectivity index (χ1n) is 15.7. The zero-order valence-corrected chi connectivity index (χ0v) is 26.1. The lowest BCUT2D eigenvalue weighted by Crippen LogP contribution is -2.69. The van der Waals surface area contributed by atoms with E-state index >= 15 is 0 Å². The number of nitrogens with zero attached hydrogens (tertiary/aromatic N) is 1. The molecular formula is C34H49F3N2O2. The van der Waals surface area contributed by atoms with Gasteiger partial charge in [-0.2, -0.15) is 18.4 Å². The lowest BCUT2D eigenvalue weighted by Gasteiger charge is -2.73. The van der Waals surface area contributed by atoms with Gasteiger partial charge in [0.2, 0.25) is 5.91 Å². The van der Waals surface area contributed by atoms with Crippen molar-refractivity contribution in [2.75, 3.05) is 6.54 Å². The summed E-state index contributed by atoms with van der Waals surface area (Å²) in [4.78, 5) is 27.1. The van der Waals surface area contributed by atoms with Crippen LogP contribution in [-0.2, 0) is 9.59 Å². The van der Waals surface area contributed by atoms with Crippen molar-refractivity contribution >= 4 is 11.7 Å². The van der Waals surface area contributed by atoms with Crippen molar-refractivity contribution in [1.29, 1.82) is 5.26 Å². The Labute approximate surface area is 244 Å². The lowest BCUT2D eigenvalue weighted by atomic mass is 9.30. The van der Waals surface area contributed by atoms with Gasteiger partial charge < -0.3 is 5.32 Å². The maximum atomic E-state index is 13.8. The Morgan fingerprint density at radius 1 is 0.976 bits per heavy atom. The molecule has 5 unspecified atom stereocenters. The van der Waals surface area contributed by atoms with E-state index in [1.165, 1.54) is 0 Å². The number of nitrogens with one attached hydrogen (secondary N) is 1. The van der Waals surface area contributed by atoms with Crippen LogP contribution < -0.4 is 5.32 Å². The number of nitriles is 1. The molecule has 0 aromatic carbocycles. The van der Waals surface area contributed by atoms with Gasteiger partial charge in [-0.05, 0) is 103 Å². The van der Waals surface area contributed by atoms with Gasteiger partial charge in [0.25, 0.3) is 0 Å². The summed E-state index contributed by atoms with van der Waals surface area (Å²) in [5.41, 5.74) is -0.756. The fraction of sp³-hybridized carbons (Fsp3) is 0.853. The highest BCUT2D eigenvalue weighted by molar-refractivity contribution is 5.90. The molecule has 5 saturated carbocycles. The fourth-order valence-electron chi connectivity index (χ4n) is 11.8. The number of rotatable bonds is 2. The molecule has 5 aliphatic carbocycles. The van der Waals surface area contributed by atoms with E-state index in [1.807, 2.05) is 13.8 Å². The molecule has 0 saturated heterocycles. The lowest BCUT2D eigenvalue weighted by molar-refractivity contribution is -0.228. The summed E-state index contributed by atoms with van der Waals surface area (Å²) in [5, 5.41) is 12.3. The Morgan fingerprint density at radius 2 is 1.61 bits per heavy atom. The zero-order valence-electron chi connectivity index (χ0n) is 26.1. The Hall–Kier alpha value is -1.84. The summed E-state index contributed by atoms with van der Waals surface area (Å²) >= 11 is 0. The quantitative estimate of drug-likeness (QED) is 0.340. The summed E-state index contributed by atoms with van der Waals surface area (Å²) in [6.07, 6.45) is 2.37. The summed E-state index contributed by atoms with van der Waals surface area (Å²) in [5.74, 6) is -0.567. The number of halogens is 3. The molecule has 1 N–H and O–H groups in total. The Morgan fingerprint density at radius 3 is 2.22 bits per heavy atom. The van der Waals surface area contributed by atoms with Crippen LogP contribution in [0.5, 0.6) is 0 Å².